The second kappa shape index (κ2) is 4.49. The SMILES string of the molecule is CC1(n2c(=O)[nH]c3c(C(=O)O)cccc32)CCOCC1. The number of nitrogens with one attached hydrogen (secondary N) is 1. The lowest BCUT2D eigenvalue weighted by Gasteiger charge is -2.34. The van der Waals surface area contributed by atoms with Gasteiger partial charge in [0.1, 0.15) is 0 Å². The molecule has 1 aromatic heterocycles. The van der Waals surface area contributed by atoms with Gasteiger partial charge >= 0.3 is 11.7 Å². The van der Waals surface area contributed by atoms with Crippen LogP contribution in [0, 0.1) is 0 Å². The fourth-order valence-electron chi connectivity index (χ4n) is 2.88. The van der Waals surface area contributed by atoms with Crippen molar-refractivity contribution in [2.75, 3.05) is 13.2 Å². The Morgan fingerprint density at radius 3 is 2.75 bits per heavy atom. The van der Waals surface area contributed by atoms with E-state index in [4.69, 9.17) is 4.74 Å². The summed E-state index contributed by atoms with van der Waals surface area (Å²) in [5.74, 6) is -1.04. The Morgan fingerprint density at radius 1 is 1.40 bits per heavy atom. The minimum Gasteiger partial charge on any atom is -0.478 e. The molecule has 0 aliphatic carbocycles. The van der Waals surface area contributed by atoms with Crippen molar-refractivity contribution in [1.82, 2.24) is 9.55 Å². The number of aromatic amines is 1. The van der Waals surface area contributed by atoms with E-state index in [0.29, 0.717) is 24.2 Å². The molecule has 106 valence electrons. The highest BCUT2D eigenvalue weighted by Gasteiger charge is 2.32. The molecule has 2 heterocycles. The van der Waals surface area contributed by atoms with Gasteiger partial charge in [0, 0.05) is 13.2 Å². The Morgan fingerprint density at radius 2 is 2.10 bits per heavy atom. The van der Waals surface area contributed by atoms with Crippen LogP contribution in [0.25, 0.3) is 11.0 Å². The molecule has 2 aromatic rings. The van der Waals surface area contributed by atoms with Gasteiger partial charge in [-0.1, -0.05) is 6.07 Å². The number of benzene rings is 1. The number of hydrogen-bond donors (Lipinski definition) is 2. The Bertz CT molecular complexity index is 722. The number of nitrogens with zero attached hydrogens (tertiary/aromatic N) is 1. The van der Waals surface area contributed by atoms with E-state index in [1.54, 1.807) is 16.7 Å². The molecule has 1 aliphatic heterocycles. The molecule has 1 saturated heterocycles. The normalized spacial score (nSPS) is 18.2. The number of rotatable bonds is 2. The third kappa shape index (κ3) is 1.84. The van der Waals surface area contributed by atoms with Gasteiger partial charge in [0.2, 0.25) is 0 Å². The van der Waals surface area contributed by atoms with Gasteiger partial charge in [0.15, 0.2) is 0 Å². The van der Waals surface area contributed by atoms with E-state index in [0.717, 1.165) is 12.8 Å². The highest BCUT2D eigenvalue weighted by molar-refractivity contribution is 6.00. The topological polar surface area (TPSA) is 84.3 Å². The molecule has 6 heteroatoms. The first-order valence-corrected chi connectivity index (χ1v) is 6.58. The molecule has 20 heavy (non-hydrogen) atoms. The largest absolute Gasteiger partial charge is 0.478 e. The van der Waals surface area contributed by atoms with Gasteiger partial charge in [-0.2, -0.15) is 0 Å². The van der Waals surface area contributed by atoms with Crippen molar-refractivity contribution in [2.45, 2.75) is 25.3 Å². The number of fused-ring (bicyclic) bond motifs is 1. The van der Waals surface area contributed by atoms with Crippen molar-refractivity contribution in [1.29, 1.82) is 0 Å². The first kappa shape index (κ1) is 12.9. The van der Waals surface area contributed by atoms with Crippen molar-refractivity contribution < 1.29 is 14.6 Å². The van der Waals surface area contributed by atoms with Gasteiger partial charge < -0.3 is 14.8 Å². The van der Waals surface area contributed by atoms with Crippen LogP contribution in [0.5, 0.6) is 0 Å². The quantitative estimate of drug-likeness (QED) is 0.871. The third-order valence-corrected chi connectivity index (χ3v) is 4.06. The van der Waals surface area contributed by atoms with E-state index in [1.165, 1.54) is 6.07 Å². The maximum atomic E-state index is 12.3. The van der Waals surface area contributed by atoms with Crippen molar-refractivity contribution >= 4 is 17.0 Å². The van der Waals surface area contributed by atoms with Crippen molar-refractivity contribution in [3.05, 3.63) is 34.2 Å². The molecule has 0 spiro atoms. The Hall–Kier alpha value is -2.08. The van der Waals surface area contributed by atoms with Gasteiger partial charge in [0.05, 0.1) is 22.1 Å². The monoisotopic (exact) mass is 276 g/mol. The highest BCUT2D eigenvalue weighted by atomic mass is 16.5. The molecular formula is C14H16N2O4. The summed E-state index contributed by atoms with van der Waals surface area (Å²) in [6.07, 6.45) is 1.47. The van der Waals surface area contributed by atoms with Crippen LogP contribution >= 0.6 is 0 Å². The van der Waals surface area contributed by atoms with Crippen LogP contribution in [0.4, 0.5) is 0 Å². The predicted molar refractivity (Wildman–Crippen MR) is 73.2 cm³/mol. The van der Waals surface area contributed by atoms with Crippen LogP contribution in [0.2, 0.25) is 0 Å². The second-order valence-electron chi connectivity index (χ2n) is 5.38. The molecule has 3 rings (SSSR count). The molecule has 0 radical (unpaired) electrons. The fraction of sp³-hybridized carbons (Fsp3) is 0.429. The van der Waals surface area contributed by atoms with Crippen LogP contribution in [0.1, 0.15) is 30.1 Å². The molecule has 1 fully saturated rings. The molecule has 6 nitrogen and oxygen atoms in total. The second-order valence-corrected chi connectivity index (χ2v) is 5.38. The molecule has 0 atom stereocenters. The standard InChI is InChI=1S/C14H16N2O4/c1-14(5-7-20-8-6-14)16-10-4-2-3-9(12(17)18)11(10)15-13(16)19/h2-4H,5-8H2,1H3,(H,15,19)(H,17,18). The summed E-state index contributed by atoms with van der Waals surface area (Å²) in [4.78, 5) is 26.2. The number of hydrogen-bond acceptors (Lipinski definition) is 3. The van der Waals surface area contributed by atoms with E-state index in [1.807, 2.05) is 6.92 Å². The Labute approximate surface area is 115 Å². The number of carbonyl (C=O) groups is 1. The zero-order valence-corrected chi connectivity index (χ0v) is 11.2. The van der Waals surface area contributed by atoms with Crippen LogP contribution in [0.15, 0.2) is 23.0 Å². The van der Waals surface area contributed by atoms with Gasteiger partial charge in [-0.3, -0.25) is 4.57 Å². The van der Waals surface area contributed by atoms with Crippen molar-refractivity contribution in [3.8, 4) is 0 Å². The number of imidazole rings is 1. The summed E-state index contributed by atoms with van der Waals surface area (Å²) < 4.78 is 7.04. The zero-order chi connectivity index (χ0) is 14.3. The van der Waals surface area contributed by atoms with E-state index in [-0.39, 0.29) is 16.8 Å². The summed E-state index contributed by atoms with van der Waals surface area (Å²) in [5.41, 5.74) is 0.536. The molecule has 0 bridgehead atoms. The van der Waals surface area contributed by atoms with Crippen LogP contribution in [0.3, 0.4) is 0 Å². The van der Waals surface area contributed by atoms with Gasteiger partial charge in [-0.05, 0) is 31.9 Å². The van der Waals surface area contributed by atoms with Crippen LogP contribution in [-0.2, 0) is 10.3 Å². The number of para-hydroxylation sites is 1. The summed E-state index contributed by atoms with van der Waals surface area (Å²) >= 11 is 0. The van der Waals surface area contributed by atoms with Gasteiger partial charge in [0.25, 0.3) is 0 Å². The summed E-state index contributed by atoms with van der Waals surface area (Å²) in [5, 5.41) is 9.21. The highest BCUT2D eigenvalue weighted by Crippen LogP contribution is 2.30. The summed E-state index contributed by atoms with van der Waals surface area (Å²) in [6, 6.07) is 4.94. The molecule has 2 N–H and O–H groups in total. The lowest BCUT2D eigenvalue weighted by molar-refractivity contribution is 0.0299. The molecule has 0 unspecified atom stereocenters. The number of carboxylic acids is 1. The zero-order valence-electron chi connectivity index (χ0n) is 11.2. The lowest BCUT2D eigenvalue weighted by atomic mass is 9.92. The number of carboxylic acid groups (broad SMARTS) is 1. The first-order valence-electron chi connectivity index (χ1n) is 6.58. The average Bonchev–Trinajstić information content (AvgIpc) is 2.75. The van der Waals surface area contributed by atoms with Crippen molar-refractivity contribution in [3.63, 3.8) is 0 Å². The molecular weight excluding hydrogens is 260 g/mol. The lowest BCUT2D eigenvalue weighted by Crippen LogP contribution is -2.41. The summed E-state index contributed by atoms with van der Waals surface area (Å²) in [7, 11) is 0. The molecule has 1 aromatic carbocycles. The van der Waals surface area contributed by atoms with E-state index in [2.05, 4.69) is 4.98 Å². The fourth-order valence-corrected chi connectivity index (χ4v) is 2.88. The average molecular weight is 276 g/mol. The summed E-state index contributed by atoms with van der Waals surface area (Å²) in [6.45, 7) is 3.22. The number of ether oxygens (including phenoxy) is 1. The maximum Gasteiger partial charge on any atom is 0.337 e. The molecule has 1 aliphatic rings. The van der Waals surface area contributed by atoms with Gasteiger partial charge in [-0.15, -0.1) is 0 Å². The molecule has 0 amide bonds. The Balaban J connectivity index is 2.26. The van der Waals surface area contributed by atoms with E-state index >= 15 is 0 Å². The predicted octanol–water partition coefficient (Wildman–Crippen LogP) is 1.55. The van der Waals surface area contributed by atoms with Gasteiger partial charge in [-0.25, -0.2) is 9.59 Å². The number of aromatic carboxylic acids is 1. The van der Waals surface area contributed by atoms with Crippen LogP contribution < -0.4 is 5.69 Å². The molecule has 0 saturated carbocycles. The van der Waals surface area contributed by atoms with Crippen molar-refractivity contribution in [2.24, 2.45) is 0 Å². The van der Waals surface area contributed by atoms with E-state index < -0.39 is 5.97 Å². The first-order chi connectivity index (χ1) is 9.53. The number of H-pyrrole nitrogens is 1. The minimum absolute atomic E-state index is 0.119. The smallest absolute Gasteiger partial charge is 0.337 e. The van der Waals surface area contributed by atoms with Crippen LogP contribution in [-0.4, -0.2) is 33.8 Å². The third-order valence-electron chi connectivity index (χ3n) is 4.06. The minimum atomic E-state index is -1.04. The maximum absolute atomic E-state index is 12.3. The number of aromatic nitrogens is 2. The van der Waals surface area contributed by atoms with E-state index in [9.17, 15) is 14.7 Å². The Kier molecular flexibility index (Phi) is 2.90.